The van der Waals surface area contributed by atoms with Crippen molar-refractivity contribution < 1.29 is 9.59 Å². The minimum absolute atomic E-state index is 0.00304. The number of para-hydroxylation sites is 1. The average molecular weight is 289 g/mol. The molecular formula is C16H23N3O2. The summed E-state index contributed by atoms with van der Waals surface area (Å²) in [7, 11) is 0. The van der Waals surface area contributed by atoms with E-state index in [0.717, 1.165) is 13.1 Å². The predicted octanol–water partition coefficient (Wildman–Crippen LogP) is 1.11. The van der Waals surface area contributed by atoms with Gasteiger partial charge in [0, 0.05) is 37.8 Å². The van der Waals surface area contributed by atoms with E-state index in [0.29, 0.717) is 13.1 Å². The number of hydrogen-bond donors (Lipinski definition) is 1. The molecule has 0 saturated carbocycles. The van der Waals surface area contributed by atoms with Crippen LogP contribution in [0.1, 0.15) is 13.8 Å². The van der Waals surface area contributed by atoms with E-state index in [1.807, 2.05) is 36.9 Å². The van der Waals surface area contributed by atoms with Gasteiger partial charge in [0.2, 0.25) is 11.8 Å². The van der Waals surface area contributed by atoms with E-state index >= 15 is 0 Å². The molecule has 0 aromatic heterocycles. The average Bonchev–Trinajstić information content (AvgIpc) is 2.53. The first-order valence-electron chi connectivity index (χ1n) is 7.43. The molecule has 1 N–H and O–H groups in total. The maximum absolute atomic E-state index is 12.1. The van der Waals surface area contributed by atoms with Crippen molar-refractivity contribution >= 4 is 17.5 Å². The van der Waals surface area contributed by atoms with Gasteiger partial charge in [-0.05, 0) is 12.1 Å². The van der Waals surface area contributed by atoms with Crippen LogP contribution >= 0.6 is 0 Å². The summed E-state index contributed by atoms with van der Waals surface area (Å²) in [6.45, 7) is 6.79. The van der Waals surface area contributed by atoms with Crippen molar-refractivity contribution in [2.45, 2.75) is 13.8 Å². The van der Waals surface area contributed by atoms with Gasteiger partial charge in [0.25, 0.3) is 0 Å². The van der Waals surface area contributed by atoms with Gasteiger partial charge < -0.3 is 15.1 Å². The standard InChI is InChI=1S/C16H23N3O2/c1-13(2)16(21)17-12-15(20)19-10-8-18(9-11-19)14-6-4-3-5-7-14/h3-7,13H,8-12H2,1-2H3,(H,17,21). The van der Waals surface area contributed by atoms with Crippen molar-refractivity contribution in [1.82, 2.24) is 10.2 Å². The van der Waals surface area contributed by atoms with Gasteiger partial charge in [0.15, 0.2) is 0 Å². The molecule has 114 valence electrons. The summed E-state index contributed by atoms with van der Waals surface area (Å²) in [5.41, 5.74) is 1.19. The molecule has 0 atom stereocenters. The van der Waals surface area contributed by atoms with E-state index in [2.05, 4.69) is 22.3 Å². The highest BCUT2D eigenvalue weighted by molar-refractivity contribution is 5.85. The molecule has 0 spiro atoms. The van der Waals surface area contributed by atoms with Crippen LogP contribution in [0.2, 0.25) is 0 Å². The van der Waals surface area contributed by atoms with Crippen LogP contribution in [-0.2, 0) is 9.59 Å². The molecule has 2 amide bonds. The fourth-order valence-corrected chi connectivity index (χ4v) is 2.33. The highest BCUT2D eigenvalue weighted by atomic mass is 16.2. The number of nitrogens with one attached hydrogen (secondary N) is 1. The predicted molar refractivity (Wildman–Crippen MR) is 83.1 cm³/mol. The molecule has 0 bridgehead atoms. The lowest BCUT2D eigenvalue weighted by Gasteiger charge is -2.36. The molecule has 2 rings (SSSR count). The van der Waals surface area contributed by atoms with Gasteiger partial charge >= 0.3 is 0 Å². The van der Waals surface area contributed by atoms with Gasteiger partial charge in [-0.25, -0.2) is 0 Å². The van der Waals surface area contributed by atoms with Gasteiger partial charge in [0.05, 0.1) is 6.54 Å². The van der Waals surface area contributed by atoms with Crippen molar-refractivity contribution in [3.8, 4) is 0 Å². The molecule has 1 saturated heterocycles. The minimum atomic E-state index is -0.0901. The molecular weight excluding hydrogens is 266 g/mol. The zero-order chi connectivity index (χ0) is 15.2. The summed E-state index contributed by atoms with van der Waals surface area (Å²) in [4.78, 5) is 27.6. The lowest BCUT2D eigenvalue weighted by atomic mass is 10.2. The Kier molecular flexibility index (Phi) is 5.20. The second-order valence-corrected chi connectivity index (χ2v) is 5.58. The molecule has 1 aliphatic rings. The molecule has 21 heavy (non-hydrogen) atoms. The normalized spacial score (nSPS) is 15.2. The Morgan fingerprint density at radius 3 is 2.29 bits per heavy atom. The third-order valence-corrected chi connectivity index (χ3v) is 3.69. The van der Waals surface area contributed by atoms with Crippen LogP contribution in [0.5, 0.6) is 0 Å². The topological polar surface area (TPSA) is 52.7 Å². The summed E-state index contributed by atoms with van der Waals surface area (Å²) in [6, 6.07) is 10.2. The monoisotopic (exact) mass is 289 g/mol. The molecule has 5 nitrogen and oxygen atoms in total. The largest absolute Gasteiger partial charge is 0.368 e. The third-order valence-electron chi connectivity index (χ3n) is 3.69. The van der Waals surface area contributed by atoms with Crippen molar-refractivity contribution in [3.63, 3.8) is 0 Å². The summed E-state index contributed by atoms with van der Waals surface area (Å²) in [5.74, 6) is -0.171. The van der Waals surface area contributed by atoms with Crippen LogP contribution in [0.15, 0.2) is 30.3 Å². The molecule has 5 heteroatoms. The number of hydrogen-bond acceptors (Lipinski definition) is 3. The number of nitrogens with zero attached hydrogens (tertiary/aromatic N) is 2. The molecule has 1 aliphatic heterocycles. The Hall–Kier alpha value is -2.04. The number of rotatable bonds is 4. The van der Waals surface area contributed by atoms with Gasteiger partial charge in [-0.1, -0.05) is 32.0 Å². The first-order chi connectivity index (χ1) is 10.1. The highest BCUT2D eigenvalue weighted by Crippen LogP contribution is 2.15. The summed E-state index contributed by atoms with van der Waals surface area (Å²) in [5, 5.41) is 2.68. The van der Waals surface area contributed by atoms with Gasteiger partial charge in [-0.3, -0.25) is 9.59 Å². The van der Waals surface area contributed by atoms with Gasteiger partial charge in [-0.2, -0.15) is 0 Å². The molecule has 0 radical (unpaired) electrons. The fourth-order valence-electron chi connectivity index (χ4n) is 2.33. The van der Waals surface area contributed by atoms with Gasteiger partial charge in [0.1, 0.15) is 0 Å². The highest BCUT2D eigenvalue weighted by Gasteiger charge is 2.21. The van der Waals surface area contributed by atoms with E-state index in [1.165, 1.54) is 5.69 Å². The SMILES string of the molecule is CC(C)C(=O)NCC(=O)N1CCN(c2ccccc2)CC1. The lowest BCUT2D eigenvalue weighted by Crippen LogP contribution is -2.51. The second-order valence-electron chi connectivity index (χ2n) is 5.58. The quantitative estimate of drug-likeness (QED) is 0.903. The first kappa shape index (κ1) is 15.4. The minimum Gasteiger partial charge on any atom is -0.368 e. The van der Waals surface area contributed by atoms with Crippen LogP contribution in [0.25, 0.3) is 0 Å². The number of carbonyl (C=O) groups is 2. The first-order valence-corrected chi connectivity index (χ1v) is 7.43. The third kappa shape index (κ3) is 4.21. The molecule has 0 unspecified atom stereocenters. The Morgan fingerprint density at radius 2 is 1.71 bits per heavy atom. The smallest absolute Gasteiger partial charge is 0.242 e. The van der Waals surface area contributed by atoms with Crippen molar-refractivity contribution in [1.29, 1.82) is 0 Å². The Balaban J connectivity index is 1.78. The van der Waals surface area contributed by atoms with E-state index in [1.54, 1.807) is 0 Å². The summed E-state index contributed by atoms with van der Waals surface area (Å²) in [6.07, 6.45) is 0. The van der Waals surface area contributed by atoms with Crippen LogP contribution in [0, 0.1) is 5.92 Å². The summed E-state index contributed by atoms with van der Waals surface area (Å²) >= 11 is 0. The van der Waals surface area contributed by atoms with E-state index in [-0.39, 0.29) is 24.3 Å². The number of anilines is 1. The molecule has 1 aromatic carbocycles. The van der Waals surface area contributed by atoms with Crippen molar-refractivity contribution in [2.75, 3.05) is 37.6 Å². The van der Waals surface area contributed by atoms with Gasteiger partial charge in [-0.15, -0.1) is 0 Å². The number of piperazine rings is 1. The number of carbonyl (C=O) groups excluding carboxylic acids is 2. The summed E-state index contributed by atoms with van der Waals surface area (Å²) < 4.78 is 0. The Bertz CT molecular complexity index is 480. The fraction of sp³-hybridized carbons (Fsp3) is 0.500. The van der Waals surface area contributed by atoms with Crippen LogP contribution < -0.4 is 10.2 Å². The molecule has 1 aromatic rings. The maximum atomic E-state index is 12.1. The Labute approximate surface area is 125 Å². The second kappa shape index (κ2) is 7.11. The maximum Gasteiger partial charge on any atom is 0.242 e. The zero-order valence-electron chi connectivity index (χ0n) is 12.7. The van der Waals surface area contributed by atoms with Crippen LogP contribution in [-0.4, -0.2) is 49.4 Å². The van der Waals surface area contributed by atoms with E-state index in [4.69, 9.17) is 0 Å². The van der Waals surface area contributed by atoms with E-state index < -0.39 is 0 Å². The molecule has 1 fully saturated rings. The number of amides is 2. The van der Waals surface area contributed by atoms with Crippen molar-refractivity contribution in [2.24, 2.45) is 5.92 Å². The van der Waals surface area contributed by atoms with E-state index in [9.17, 15) is 9.59 Å². The lowest BCUT2D eigenvalue weighted by molar-refractivity contribution is -0.133. The van der Waals surface area contributed by atoms with Crippen LogP contribution in [0.3, 0.4) is 0 Å². The Morgan fingerprint density at radius 1 is 1.10 bits per heavy atom. The molecule has 1 heterocycles. The molecule has 0 aliphatic carbocycles. The zero-order valence-corrected chi connectivity index (χ0v) is 12.7. The van der Waals surface area contributed by atoms with Crippen molar-refractivity contribution in [3.05, 3.63) is 30.3 Å². The van der Waals surface area contributed by atoms with Crippen LogP contribution in [0.4, 0.5) is 5.69 Å². The number of benzene rings is 1.